The van der Waals surface area contributed by atoms with Crippen LogP contribution in [0.3, 0.4) is 0 Å². The van der Waals surface area contributed by atoms with Crippen LogP contribution in [-0.2, 0) is 4.79 Å². The van der Waals surface area contributed by atoms with Gasteiger partial charge < -0.3 is 4.90 Å². The van der Waals surface area contributed by atoms with E-state index in [1.807, 2.05) is 13.1 Å². The molecular formula is C13H17BrN2O. The third-order valence-electron chi connectivity index (χ3n) is 3.25. The molecule has 0 amide bonds. The largest absolute Gasteiger partial charge is 0.355 e. The molecule has 1 aromatic rings. The minimum absolute atomic E-state index is 0.166. The Hall–Kier alpha value is -0.900. The standard InChI is InChI=1S/C13H17BrN2O/c1-9-6-12(14)13(15-7-9)16-5-3-4-11(8-16)10(2)17/h6-7,11H,3-5,8H2,1-2H3. The summed E-state index contributed by atoms with van der Waals surface area (Å²) in [6.45, 7) is 5.49. The summed E-state index contributed by atoms with van der Waals surface area (Å²) in [5.41, 5.74) is 1.14. The van der Waals surface area contributed by atoms with Crippen LogP contribution in [0.1, 0.15) is 25.3 Å². The molecule has 0 spiro atoms. The summed E-state index contributed by atoms with van der Waals surface area (Å²) in [6.07, 6.45) is 3.94. The number of Topliss-reactive ketones (excluding diaryl/α,β-unsaturated/α-hetero) is 1. The molecule has 2 heterocycles. The second-order valence-corrected chi connectivity index (χ2v) is 5.57. The summed E-state index contributed by atoms with van der Waals surface area (Å²) < 4.78 is 1.02. The van der Waals surface area contributed by atoms with Crippen LogP contribution in [0.25, 0.3) is 0 Å². The normalized spacial score (nSPS) is 20.4. The molecule has 1 aliphatic rings. The van der Waals surface area contributed by atoms with Crippen molar-refractivity contribution < 1.29 is 4.79 Å². The monoisotopic (exact) mass is 296 g/mol. The van der Waals surface area contributed by atoms with Gasteiger partial charge in [0.2, 0.25) is 0 Å². The van der Waals surface area contributed by atoms with E-state index in [1.54, 1.807) is 6.92 Å². The first kappa shape index (κ1) is 12.6. The van der Waals surface area contributed by atoms with Gasteiger partial charge >= 0.3 is 0 Å². The van der Waals surface area contributed by atoms with Gasteiger partial charge in [-0.15, -0.1) is 0 Å². The summed E-state index contributed by atoms with van der Waals surface area (Å²) in [5, 5.41) is 0. The predicted molar refractivity (Wildman–Crippen MR) is 72.3 cm³/mol. The fraction of sp³-hybridized carbons (Fsp3) is 0.538. The van der Waals surface area contributed by atoms with E-state index < -0.39 is 0 Å². The Morgan fingerprint density at radius 2 is 2.35 bits per heavy atom. The fourth-order valence-corrected chi connectivity index (χ4v) is 2.97. The smallest absolute Gasteiger partial charge is 0.142 e. The summed E-state index contributed by atoms with van der Waals surface area (Å²) in [4.78, 5) is 18.1. The molecule has 1 aromatic heterocycles. The Kier molecular flexibility index (Phi) is 3.82. The molecule has 0 saturated carbocycles. The molecule has 1 unspecified atom stereocenters. The third kappa shape index (κ3) is 2.86. The topological polar surface area (TPSA) is 33.2 Å². The molecule has 3 nitrogen and oxygen atoms in total. The number of piperidine rings is 1. The van der Waals surface area contributed by atoms with Gasteiger partial charge in [0.25, 0.3) is 0 Å². The number of rotatable bonds is 2. The van der Waals surface area contributed by atoms with Crippen LogP contribution in [-0.4, -0.2) is 23.9 Å². The zero-order valence-corrected chi connectivity index (χ0v) is 11.8. The van der Waals surface area contributed by atoms with E-state index in [-0.39, 0.29) is 11.7 Å². The molecule has 0 aliphatic carbocycles. The predicted octanol–water partition coefficient (Wildman–Crippen LogP) is 2.96. The van der Waals surface area contributed by atoms with Gasteiger partial charge in [0.1, 0.15) is 11.6 Å². The zero-order chi connectivity index (χ0) is 12.4. The van der Waals surface area contributed by atoms with Crippen molar-refractivity contribution in [1.29, 1.82) is 0 Å². The van der Waals surface area contributed by atoms with Crippen molar-refractivity contribution in [1.82, 2.24) is 4.98 Å². The van der Waals surface area contributed by atoms with Gasteiger partial charge in [-0.1, -0.05) is 0 Å². The summed E-state index contributed by atoms with van der Waals surface area (Å²) in [6, 6.07) is 2.07. The van der Waals surface area contributed by atoms with E-state index in [1.165, 1.54) is 0 Å². The minimum Gasteiger partial charge on any atom is -0.355 e. The highest BCUT2D eigenvalue weighted by Crippen LogP contribution is 2.28. The Balaban J connectivity index is 2.19. The number of carbonyl (C=O) groups excluding carboxylic acids is 1. The van der Waals surface area contributed by atoms with Gasteiger partial charge in [0.05, 0.1) is 4.47 Å². The van der Waals surface area contributed by atoms with Crippen LogP contribution < -0.4 is 4.90 Å². The van der Waals surface area contributed by atoms with E-state index in [2.05, 4.69) is 31.9 Å². The number of halogens is 1. The van der Waals surface area contributed by atoms with Crippen LogP contribution in [0, 0.1) is 12.8 Å². The van der Waals surface area contributed by atoms with E-state index >= 15 is 0 Å². The lowest BCUT2D eigenvalue weighted by Crippen LogP contribution is -2.38. The lowest BCUT2D eigenvalue weighted by Gasteiger charge is -2.33. The van der Waals surface area contributed by atoms with E-state index in [4.69, 9.17) is 0 Å². The lowest BCUT2D eigenvalue weighted by molar-refractivity contribution is -0.120. The highest BCUT2D eigenvalue weighted by atomic mass is 79.9. The van der Waals surface area contributed by atoms with Crippen molar-refractivity contribution in [2.24, 2.45) is 5.92 Å². The van der Waals surface area contributed by atoms with Crippen LogP contribution in [0.4, 0.5) is 5.82 Å². The maximum Gasteiger partial charge on any atom is 0.142 e. The highest BCUT2D eigenvalue weighted by molar-refractivity contribution is 9.10. The Morgan fingerprint density at radius 3 is 3.00 bits per heavy atom. The first-order chi connectivity index (χ1) is 8.08. The second-order valence-electron chi connectivity index (χ2n) is 4.71. The number of ketones is 1. The van der Waals surface area contributed by atoms with Gasteiger partial charge in [-0.05, 0) is 54.2 Å². The van der Waals surface area contributed by atoms with Crippen molar-refractivity contribution >= 4 is 27.5 Å². The number of hydrogen-bond donors (Lipinski definition) is 0. The molecule has 1 atom stereocenters. The van der Waals surface area contributed by atoms with Crippen LogP contribution in [0.5, 0.6) is 0 Å². The maximum atomic E-state index is 11.5. The third-order valence-corrected chi connectivity index (χ3v) is 3.84. The molecule has 0 radical (unpaired) electrons. The van der Waals surface area contributed by atoms with Crippen LogP contribution in [0.2, 0.25) is 0 Å². The number of nitrogens with zero attached hydrogens (tertiary/aromatic N) is 2. The maximum absolute atomic E-state index is 11.5. The quantitative estimate of drug-likeness (QED) is 0.841. The van der Waals surface area contributed by atoms with E-state index in [0.29, 0.717) is 0 Å². The second kappa shape index (κ2) is 5.17. The van der Waals surface area contributed by atoms with E-state index in [0.717, 1.165) is 41.8 Å². The minimum atomic E-state index is 0.166. The van der Waals surface area contributed by atoms with Gasteiger partial charge in [0, 0.05) is 25.2 Å². The Morgan fingerprint density at radius 1 is 1.59 bits per heavy atom. The molecule has 17 heavy (non-hydrogen) atoms. The summed E-state index contributed by atoms with van der Waals surface area (Å²) in [7, 11) is 0. The molecule has 4 heteroatoms. The summed E-state index contributed by atoms with van der Waals surface area (Å²) >= 11 is 3.55. The van der Waals surface area contributed by atoms with Crippen molar-refractivity contribution in [3.63, 3.8) is 0 Å². The van der Waals surface area contributed by atoms with Gasteiger partial charge in [0.15, 0.2) is 0 Å². The Bertz CT molecular complexity index is 433. The van der Waals surface area contributed by atoms with Crippen molar-refractivity contribution in [3.8, 4) is 0 Å². The zero-order valence-electron chi connectivity index (χ0n) is 10.2. The van der Waals surface area contributed by atoms with Gasteiger partial charge in [-0.2, -0.15) is 0 Å². The van der Waals surface area contributed by atoms with Crippen LogP contribution >= 0.6 is 15.9 Å². The Labute approximate surface area is 110 Å². The molecule has 0 N–H and O–H groups in total. The lowest BCUT2D eigenvalue weighted by atomic mass is 9.94. The number of carbonyl (C=O) groups is 1. The van der Waals surface area contributed by atoms with Gasteiger partial charge in [-0.3, -0.25) is 4.79 Å². The number of aryl methyl sites for hydroxylation is 1. The first-order valence-corrected chi connectivity index (χ1v) is 6.75. The average molecular weight is 297 g/mol. The molecule has 2 rings (SSSR count). The molecule has 0 bridgehead atoms. The van der Waals surface area contributed by atoms with Crippen molar-refractivity contribution in [2.45, 2.75) is 26.7 Å². The highest BCUT2D eigenvalue weighted by Gasteiger charge is 2.24. The first-order valence-electron chi connectivity index (χ1n) is 5.95. The number of aromatic nitrogens is 1. The van der Waals surface area contributed by atoms with Gasteiger partial charge in [-0.25, -0.2) is 4.98 Å². The SMILES string of the molecule is CC(=O)C1CCCN(c2ncc(C)cc2Br)C1. The summed E-state index contributed by atoms with van der Waals surface area (Å²) in [5.74, 6) is 1.42. The van der Waals surface area contributed by atoms with E-state index in [9.17, 15) is 4.79 Å². The molecular weight excluding hydrogens is 280 g/mol. The molecule has 1 aliphatic heterocycles. The number of pyridine rings is 1. The number of anilines is 1. The van der Waals surface area contributed by atoms with Crippen molar-refractivity contribution in [2.75, 3.05) is 18.0 Å². The molecule has 0 aromatic carbocycles. The average Bonchev–Trinajstić information content (AvgIpc) is 2.29. The molecule has 1 fully saturated rings. The van der Waals surface area contributed by atoms with Crippen molar-refractivity contribution in [3.05, 3.63) is 22.3 Å². The number of hydrogen-bond acceptors (Lipinski definition) is 3. The molecule has 1 saturated heterocycles. The fourth-order valence-electron chi connectivity index (χ4n) is 2.26. The molecule has 92 valence electrons. The van der Waals surface area contributed by atoms with Crippen LogP contribution in [0.15, 0.2) is 16.7 Å².